The van der Waals surface area contributed by atoms with Gasteiger partial charge < -0.3 is 0 Å². The van der Waals surface area contributed by atoms with Crippen molar-refractivity contribution in [3.63, 3.8) is 0 Å². The Balaban J connectivity index is 3.01. The molecule has 0 saturated heterocycles. The van der Waals surface area contributed by atoms with E-state index in [9.17, 15) is 21.6 Å². The van der Waals surface area contributed by atoms with Crippen LogP contribution in [0.1, 0.15) is 12.8 Å². The van der Waals surface area contributed by atoms with E-state index in [0.717, 1.165) is 0 Å². The van der Waals surface area contributed by atoms with E-state index in [0.29, 0.717) is 5.41 Å². The standard InChI is InChI=1S/C6H7F3O2S/c7-6(8,9)5-2-1-3-12(10,11)4-5/h4H,1-3H2. The van der Waals surface area contributed by atoms with Gasteiger partial charge in [-0.25, -0.2) is 8.42 Å². The molecule has 0 atom stereocenters. The molecule has 0 amide bonds. The van der Waals surface area contributed by atoms with Gasteiger partial charge in [0.1, 0.15) is 0 Å². The van der Waals surface area contributed by atoms with E-state index in [1.807, 2.05) is 0 Å². The van der Waals surface area contributed by atoms with Crippen molar-refractivity contribution < 1.29 is 21.6 Å². The zero-order chi connectivity index (χ0) is 9.41. The summed E-state index contributed by atoms with van der Waals surface area (Å²) < 4.78 is 57.3. The highest BCUT2D eigenvalue weighted by Crippen LogP contribution is 2.32. The van der Waals surface area contributed by atoms with Crippen molar-refractivity contribution in [1.29, 1.82) is 0 Å². The van der Waals surface area contributed by atoms with Gasteiger partial charge >= 0.3 is 6.18 Å². The third-order valence-electron chi connectivity index (χ3n) is 1.56. The Bertz CT molecular complexity index is 299. The molecule has 0 aromatic carbocycles. The fraction of sp³-hybridized carbons (Fsp3) is 0.667. The summed E-state index contributed by atoms with van der Waals surface area (Å²) in [5, 5.41) is 0.344. The third-order valence-corrected chi connectivity index (χ3v) is 3.06. The minimum atomic E-state index is -4.49. The van der Waals surface area contributed by atoms with E-state index in [-0.39, 0.29) is 18.6 Å². The Morgan fingerprint density at radius 2 is 1.92 bits per heavy atom. The minimum Gasteiger partial charge on any atom is -0.224 e. The van der Waals surface area contributed by atoms with Gasteiger partial charge in [-0.15, -0.1) is 0 Å². The predicted octanol–water partition coefficient (Wildman–Crippen LogP) is 1.64. The second-order valence-electron chi connectivity index (χ2n) is 2.61. The van der Waals surface area contributed by atoms with E-state index >= 15 is 0 Å². The summed E-state index contributed by atoms with van der Waals surface area (Å²) in [6.07, 6.45) is -4.62. The summed E-state index contributed by atoms with van der Waals surface area (Å²) in [5.41, 5.74) is -0.936. The minimum absolute atomic E-state index is 0.0632. The molecule has 70 valence electrons. The molecule has 1 aliphatic heterocycles. The van der Waals surface area contributed by atoms with Gasteiger partial charge in [-0.1, -0.05) is 0 Å². The molecular weight excluding hydrogens is 193 g/mol. The zero-order valence-electron chi connectivity index (χ0n) is 6.06. The Labute approximate surface area is 68.0 Å². The van der Waals surface area contributed by atoms with Crippen LogP contribution >= 0.6 is 0 Å². The molecule has 0 aromatic rings. The monoisotopic (exact) mass is 200 g/mol. The molecular formula is C6H7F3O2S. The van der Waals surface area contributed by atoms with Crippen LogP contribution in [0, 0.1) is 0 Å². The number of hydrogen-bond acceptors (Lipinski definition) is 2. The molecule has 0 saturated carbocycles. The Morgan fingerprint density at radius 3 is 2.25 bits per heavy atom. The summed E-state index contributed by atoms with van der Waals surface area (Å²) in [5.74, 6) is -0.174. The first-order chi connectivity index (χ1) is 5.31. The topological polar surface area (TPSA) is 34.1 Å². The van der Waals surface area contributed by atoms with Crippen molar-refractivity contribution in [3.8, 4) is 0 Å². The van der Waals surface area contributed by atoms with Gasteiger partial charge in [-0.2, -0.15) is 13.2 Å². The van der Waals surface area contributed by atoms with Crippen LogP contribution in [0.3, 0.4) is 0 Å². The first-order valence-corrected chi connectivity index (χ1v) is 5.03. The maximum atomic E-state index is 12.0. The maximum Gasteiger partial charge on any atom is 0.413 e. The smallest absolute Gasteiger partial charge is 0.224 e. The van der Waals surface area contributed by atoms with Crippen molar-refractivity contribution in [1.82, 2.24) is 0 Å². The molecule has 0 radical (unpaired) electrons. The molecule has 1 rings (SSSR count). The third kappa shape index (κ3) is 2.23. The number of rotatable bonds is 0. The lowest BCUT2D eigenvalue weighted by Gasteiger charge is -2.15. The Kier molecular flexibility index (Phi) is 2.20. The van der Waals surface area contributed by atoms with Crippen LogP contribution in [0.15, 0.2) is 11.0 Å². The van der Waals surface area contributed by atoms with Crippen LogP contribution in [0.4, 0.5) is 13.2 Å². The van der Waals surface area contributed by atoms with Gasteiger partial charge in [-0.05, 0) is 12.8 Å². The lowest BCUT2D eigenvalue weighted by molar-refractivity contribution is -0.0940. The molecule has 0 unspecified atom stereocenters. The quantitative estimate of drug-likeness (QED) is 0.595. The van der Waals surface area contributed by atoms with Crippen LogP contribution in [0.5, 0.6) is 0 Å². The summed E-state index contributed by atoms with van der Waals surface area (Å²) in [7, 11) is -3.60. The SMILES string of the molecule is O=S1(=O)C=C(C(F)(F)F)CCC1. The van der Waals surface area contributed by atoms with Crippen molar-refractivity contribution in [2.75, 3.05) is 5.75 Å². The molecule has 0 aliphatic carbocycles. The van der Waals surface area contributed by atoms with Gasteiger partial charge in [0, 0.05) is 11.0 Å². The lowest BCUT2D eigenvalue weighted by Crippen LogP contribution is -2.19. The van der Waals surface area contributed by atoms with Crippen molar-refractivity contribution >= 4 is 9.84 Å². The molecule has 0 spiro atoms. The van der Waals surface area contributed by atoms with Gasteiger partial charge in [0.2, 0.25) is 0 Å². The highest BCUT2D eigenvalue weighted by molar-refractivity contribution is 7.94. The first kappa shape index (κ1) is 9.57. The molecule has 1 heterocycles. The molecule has 1 aliphatic rings. The van der Waals surface area contributed by atoms with E-state index in [1.54, 1.807) is 0 Å². The molecule has 0 aromatic heterocycles. The van der Waals surface area contributed by atoms with E-state index in [4.69, 9.17) is 0 Å². The van der Waals surface area contributed by atoms with Gasteiger partial charge in [-0.3, -0.25) is 0 Å². The number of allylic oxidation sites excluding steroid dienone is 1. The molecule has 6 heteroatoms. The summed E-state index contributed by atoms with van der Waals surface area (Å²) >= 11 is 0. The number of hydrogen-bond donors (Lipinski definition) is 0. The van der Waals surface area contributed by atoms with Crippen molar-refractivity contribution in [3.05, 3.63) is 11.0 Å². The van der Waals surface area contributed by atoms with E-state index in [2.05, 4.69) is 0 Å². The van der Waals surface area contributed by atoms with Crippen LogP contribution in [-0.2, 0) is 9.84 Å². The fourth-order valence-corrected chi connectivity index (χ4v) is 2.36. The second kappa shape index (κ2) is 2.76. The zero-order valence-corrected chi connectivity index (χ0v) is 6.87. The van der Waals surface area contributed by atoms with Crippen molar-refractivity contribution in [2.45, 2.75) is 19.0 Å². The molecule has 0 N–H and O–H groups in total. The van der Waals surface area contributed by atoms with Crippen LogP contribution in [0.2, 0.25) is 0 Å². The van der Waals surface area contributed by atoms with E-state index in [1.165, 1.54) is 0 Å². The van der Waals surface area contributed by atoms with Crippen LogP contribution in [0.25, 0.3) is 0 Å². The van der Waals surface area contributed by atoms with Gasteiger partial charge in [0.15, 0.2) is 9.84 Å². The van der Waals surface area contributed by atoms with Crippen molar-refractivity contribution in [2.24, 2.45) is 0 Å². The second-order valence-corrected chi connectivity index (χ2v) is 4.58. The number of halogens is 3. The number of alkyl halides is 3. The largest absolute Gasteiger partial charge is 0.413 e. The number of sulfone groups is 1. The molecule has 0 bridgehead atoms. The first-order valence-electron chi connectivity index (χ1n) is 3.32. The summed E-state index contributed by atoms with van der Waals surface area (Å²) in [4.78, 5) is 0. The Hall–Kier alpha value is -0.520. The van der Waals surface area contributed by atoms with Crippen LogP contribution in [-0.4, -0.2) is 20.3 Å². The highest BCUT2D eigenvalue weighted by atomic mass is 32.2. The maximum absolute atomic E-state index is 12.0. The summed E-state index contributed by atoms with van der Waals surface area (Å²) in [6.45, 7) is 0. The molecule has 2 nitrogen and oxygen atoms in total. The highest BCUT2D eigenvalue weighted by Gasteiger charge is 2.36. The van der Waals surface area contributed by atoms with E-state index < -0.39 is 21.6 Å². The fourth-order valence-electron chi connectivity index (χ4n) is 1.01. The predicted molar refractivity (Wildman–Crippen MR) is 37.2 cm³/mol. The van der Waals surface area contributed by atoms with Gasteiger partial charge in [0.25, 0.3) is 0 Å². The van der Waals surface area contributed by atoms with Gasteiger partial charge in [0.05, 0.1) is 5.75 Å². The lowest BCUT2D eigenvalue weighted by atomic mass is 10.2. The molecule has 12 heavy (non-hydrogen) atoms. The van der Waals surface area contributed by atoms with Crippen LogP contribution < -0.4 is 0 Å². The average molecular weight is 200 g/mol. The Morgan fingerprint density at radius 1 is 1.33 bits per heavy atom. The average Bonchev–Trinajstić information content (AvgIpc) is 1.83. The normalized spacial score (nSPS) is 23.4. The molecule has 0 fully saturated rings. The summed E-state index contributed by atoms with van der Waals surface area (Å²) in [6, 6.07) is 0.